The van der Waals surface area contributed by atoms with E-state index in [1.165, 1.54) is 6.07 Å². The van der Waals surface area contributed by atoms with E-state index in [0.717, 1.165) is 18.4 Å². The Balaban J connectivity index is 2.78. The largest absolute Gasteiger partial charge is 0.307 e. The van der Waals surface area contributed by atoms with Crippen LogP contribution < -0.4 is 5.32 Å². The van der Waals surface area contributed by atoms with Gasteiger partial charge in [0.15, 0.2) is 0 Å². The summed E-state index contributed by atoms with van der Waals surface area (Å²) in [7, 11) is 0. The van der Waals surface area contributed by atoms with Gasteiger partial charge in [0.05, 0.1) is 4.92 Å². The first-order chi connectivity index (χ1) is 9.79. The van der Waals surface area contributed by atoms with E-state index >= 15 is 0 Å². The molecule has 118 valence electrons. The summed E-state index contributed by atoms with van der Waals surface area (Å²) in [6.45, 7) is 11.0. The molecule has 0 radical (unpaired) electrons. The number of hydrogen-bond acceptors (Lipinski definition) is 3. The van der Waals surface area contributed by atoms with Crippen LogP contribution in [0.5, 0.6) is 0 Å². The predicted octanol–water partition coefficient (Wildman–Crippen LogP) is 4.71. The molecular formula is C17H28N2O2. The van der Waals surface area contributed by atoms with E-state index in [9.17, 15) is 10.1 Å². The van der Waals surface area contributed by atoms with Crippen molar-refractivity contribution in [3.05, 3.63) is 39.9 Å². The molecule has 0 heterocycles. The molecule has 0 fully saturated rings. The molecule has 1 N–H and O–H groups in total. The van der Waals surface area contributed by atoms with E-state index < -0.39 is 0 Å². The van der Waals surface area contributed by atoms with Crippen LogP contribution in [0.15, 0.2) is 24.3 Å². The van der Waals surface area contributed by atoms with Crippen LogP contribution in [0, 0.1) is 22.0 Å². The highest BCUT2D eigenvalue weighted by Gasteiger charge is 2.17. The number of nitrogens with zero attached hydrogens (tertiary/aromatic N) is 1. The summed E-state index contributed by atoms with van der Waals surface area (Å²) < 4.78 is 0. The lowest BCUT2D eigenvalue weighted by molar-refractivity contribution is -0.384. The van der Waals surface area contributed by atoms with E-state index in [1.807, 2.05) is 6.07 Å². The molecule has 0 aliphatic rings. The minimum atomic E-state index is -0.337. The maximum Gasteiger partial charge on any atom is 0.269 e. The summed E-state index contributed by atoms with van der Waals surface area (Å²) in [6.07, 6.45) is 2.24. The van der Waals surface area contributed by atoms with Crippen LogP contribution in [0.4, 0.5) is 5.69 Å². The molecule has 4 nitrogen and oxygen atoms in total. The quantitative estimate of drug-likeness (QED) is 0.558. The Morgan fingerprint density at radius 3 is 2.14 bits per heavy atom. The zero-order valence-corrected chi connectivity index (χ0v) is 13.8. The van der Waals surface area contributed by atoms with Crippen molar-refractivity contribution in [3.63, 3.8) is 0 Å². The normalized spacial score (nSPS) is 13.1. The minimum Gasteiger partial charge on any atom is -0.307 e. The van der Waals surface area contributed by atoms with Gasteiger partial charge in [-0.1, -0.05) is 39.8 Å². The van der Waals surface area contributed by atoms with Gasteiger partial charge in [0, 0.05) is 24.2 Å². The Bertz CT molecular complexity index is 448. The Kier molecular flexibility index (Phi) is 6.82. The molecule has 0 amide bonds. The van der Waals surface area contributed by atoms with E-state index in [2.05, 4.69) is 39.9 Å². The maximum absolute atomic E-state index is 10.9. The predicted molar refractivity (Wildman–Crippen MR) is 87.3 cm³/mol. The molecule has 0 aromatic heterocycles. The van der Waals surface area contributed by atoms with Crippen molar-refractivity contribution in [2.75, 3.05) is 0 Å². The van der Waals surface area contributed by atoms with Crippen molar-refractivity contribution >= 4 is 5.69 Å². The highest BCUT2D eigenvalue weighted by molar-refractivity contribution is 5.35. The van der Waals surface area contributed by atoms with E-state index in [-0.39, 0.29) is 16.7 Å². The number of nitro benzene ring substituents is 1. The number of non-ortho nitro benzene ring substituents is 1. The number of nitro groups is 1. The van der Waals surface area contributed by atoms with Crippen molar-refractivity contribution in [2.45, 2.75) is 59.5 Å². The Morgan fingerprint density at radius 1 is 1.10 bits per heavy atom. The Hall–Kier alpha value is -1.42. The van der Waals surface area contributed by atoms with Crippen LogP contribution in [-0.2, 0) is 0 Å². The van der Waals surface area contributed by atoms with Crippen LogP contribution in [0.3, 0.4) is 0 Å². The van der Waals surface area contributed by atoms with Gasteiger partial charge < -0.3 is 5.32 Å². The van der Waals surface area contributed by atoms with E-state index in [0.29, 0.717) is 17.9 Å². The highest BCUT2D eigenvalue weighted by Crippen LogP contribution is 2.22. The monoisotopic (exact) mass is 292 g/mol. The van der Waals surface area contributed by atoms with Crippen LogP contribution in [-0.4, -0.2) is 11.0 Å². The van der Waals surface area contributed by atoms with Crippen molar-refractivity contribution < 1.29 is 4.92 Å². The fourth-order valence-electron chi connectivity index (χ4n) is 2.73. The van der Waals surface area contributed by atoms with Crippen molar-refractivity contribution in [2.24, 2.45) is 11.8 Å². The van der Waals surface area contributed by atoms with Crippen LogP contribution in [0.2, 0.25) is 0 Å². The summed E-state index contributed by atoms with van der Waals surface area (Å²) in [5, 5.41) is 14.5. The molecule has 0 aliphatic carbocycles. The Morgan fingerprint density at radius 2 is 1.67 bits per heavy atom. The summed E-state index contributed by atoms with van der Waals surface area (Å²) in [6, 6.07) is 7.47. The van der Waals surface area contributed by atoms with Crippen LogP contribution in [0.25, 0.3) is 0 Å². The van der Waals surface area contributed by atoms with Crippen molar-refractivity contribution in [1.29, 1.82) is 0 Å². The van der Waals surface area contributed by atoms with Gasteiger partial charge in [-0.3, -0.25) is 10.1 Å². The lowest BCUT2D eigenvalue weighted by Gasteiger charge is -2.26. The third-order valence-electron chi connectivity index (χ3n) is 3.58. The second-order valence-corrected chi connectivity index (χ2v) is 6.70. The molecule has 1 rings (SSSR count). The smallest absolute Gasteiger partial charge is 0.269 e. The number of rotatable bonds is 8. The summed E-state index contributed by atoms with van der Waals surface area (Å²) in [5.41, 5.74) is 1.13. The van der Waals surface area contributed by atoms with Gasteiger partial charge >= 0.3 is 0 Å². The van der Waals surface area contributed by atoms with Crippen LogP contribution in [0.1, 0.15) is 59.1 Å². The second-order valence-electron chi connectivity index (χ2n) is 6.70. The zero-order chi connectivity index (χ0) is 16.0. The van der Waals surface area contributed by atoms with Gasteiger partial charge in [0.2, 0.25) is 0 Å². The summed E-state index contributed by atoms with van der Waals surface area (Å²) in [5.74, 6) is 1.28. The standard InChI is InChI=1S/C17H28N2O2/c1-12(2)9-16(10-13(3)4)18-14(5)15-7-6-8-17(11-15)19(20)21/h6-8,11-14,16,18H,9-10H2,1-5H3. The molecule has 0 aliphatic heterocycles. The van der Waals surface area contributed by atoms with Gasteiger partial charge in [-0.15, -0.1) is 0 Å². The topological polar surface area (TPSA) is 55.2 Å². The SMILES string of the molecule is CC(C)CC(CC(C)C)NC(C)c1cccc([N+](=O)[O-])c1. The molecule has 4 heteroatoms. The van der Waals surface area contributed by atoms with E-state index in [4.69, 9.17) is 0 Å². The molecule has 1 unspecified atom stereocenters. The van der Waals surface area contributed by atoms with Gasteiger partial charge in [0.25, 0.3) is 5.69 Å². The average molecular weight is 292 g/mol. The lowest BCUT2D eigenvalue weighted by atomic mass is 9.94. The minimum absolute atomic E-state index is 0.118. The molecule has 0 spiro atoms. The van der Waals surface area contributed by atoms with Gasteiger partial charge in [0.1, 0.15) is 0 Å². The first-order valence-electron chi connectivity index (χ1n) is 7.80. The first kappa shape index (κ1) is 17.6. The molecule has 21 heavy (non-hydrogen) atoms. The van der Waals surface area contributed by atoms with Gasteiger partial charge in [-0.2, -0.15) is 0 Å². The molecular weight excluding hydrogens is 264 g/mol. The Labute approximate surface area is 128 Å². The highest BCUT2D eigenvalue weighted by atomic mass is 16.6. The molecule has 0 saturated carbocycles. The molecule has 0 bridgehead atoms. The van der Waals surface area contributed by atoms with Gasteiger partial charge in [-0.25, -0.2) is 0 Å². The summed E-state index contributed by atoms with van der Waals surface area (Å²) >= 11 is 0. The van der Waals surface area contributed by atoms with Crippen LogP contribution >= 0.6 is 0 Å². The third kappa shape index (κ3) is 6.25. The molecule has 1 aromatic rings. The zero-order valence-electron chi connectivity index (χ0n) is 13.8. The second kappa shape index (κ2) is 8.13. The fraction of sp³-hybridized carbons (Fsp3) is 0.647. The third-order valence-corrected chi connectivity index (χ3v) is 3.58. The number of hydrogen-bond donors (Lipinski definition) is 1. The van der Waals surface area contributed by atoms with Crippen molar-refractivity contribution in [3.8, 4) is 0 Å². The number of nitrogens with one attached hydrogen (secondary N) is 1. The first-order valence-corrected chi connectivity index (χ1v) is 7.80. The lowest BCUT2D eigenvalue weighted by Crippen LogP contribution is -2.34. The number of benzene rings is 1. The molecule has 0 saturated heterocycles. The van der Waals surface area contributed by atoms with E-state index in [1.54, 1.807) is 12.1 Å². The van der Waals surface area contributed by atoms with Gasteiger partial charge in [-0.05, 0) is 37.2 Å². The maximum atomic E-state index is 10.9. The average Bonchev–Trinajstić information content (AvgIpc) is 2.37. The molecule has 1 atom stereocenters. The fourth-order valence-corrected chi connectivity index (χ4v) is 2.73. The summed E-state index contributed by atoms with van der Waals surface area (Å²) in [4.78, 5) is 10.5. The molecule has 1 aromatic carbocycles. The van der Waals surface area contributed by atoms with Crippen molar-refractivity contribution in [1.82, 2.24) is 5.32 Å².